The molecule has 0 aromatic carbocycles. The Balaban J connectivity index is 1.73. The summed E-state index contributed by atoms with van der Waals surface area (Å²) in [5, 5.41) is 12.7. The molecule has 4 heteroatoms. The summed E-state index contributed by atoms with van der Waals surface area (Å²) in [5.41, 5.74) is 0. The van der Waals surface area contributed by atoms with Gasteiger partial charge in [0.2, 0.25) is 5.91 Å². The van der Waals surface area contributed by atoms with E-state index in [0.29, 0.717) is 18.6 Å². The Morgan fingerprint density at radius 3 is 2.65 bits per heavy atom. The Morgan fingerprint density at radius 2 is 2.00 bits per heavy atom. The van der Waals surface area contributed by atoms with Crippen LogP contribution in [0.2, 0.25) is 0 Å². The van der Waals surface area contributed by atoms with Gasteiger partial charge in [0.1, 0.15) is 0 Å². The van der Waals surface area contributed by atoms with Crippen molar-refractivity contribution in [3.05, 3.63) is 0 Å². The van der Waals surface area contributed by atoms with E-state index in [-0.39, 0.29) is 12.0 Å². The highest BCUT2D eigenvalue weighted by Crippen LogP contribution is 2.24. The molecule has 2 N–H and O–H groups in total. The number of hydrogen-bond acceptors (Lipinski definition) is 3. The van der Waals surface area contributed by atoms with Crippen LogP contribution >= 0.6 is 0 Å². The number of likely N-dealkylation sites (tertiary alicyclic amines) is 1. The van der Waals surface area contributed by atoms with Crippen molar-refractivity contribution in [3.8, 4) is 0 Å². The molecule has 2 aliphatic rings. The SMILES string of the molecule is CC(O)CC1CCCN1CC(=O)NC1CCC(C)CC1. The molecule has 0 aromatic heterocycles. The number of hydrogen-bond donors (Lipinski definition) is 2. The quantitative estimate of drug-likeness (QED) is 0.810. The predicted octanol–water partition coefficient (Wildman–Crippen LogP) is 1.92. The van der Waals surface area contributed by atoms with Crippen molar-refractivity contribution in [2.75, 3.05) is 13.1 Å². The average Bonchev–Trinajstić information content (AvgIpc) is 2.78. The summed E-state index contributed by atoms with van der Waals surface area (Å²) in [6.45, 7) is 5.62. The fourth-order valence-corrected chi connectivity index (χ4v) is 3.63. The Labute approximate surface area is 122 Å². The van der Waals surface area contributed by atoms with Gasteiger partial charge in [-0.3, -0.25) is 9.69 Å². The summed E-state index contributed by atoms with van der Waals surface area (Å²) < 4.78 is 0. The molecule has 4 nitrogen and oxygen atoms in total. The molecule has 0 bridgehead atoms. The van der Waals surface area contributed by atoms with Gasteiger partial charge < -0.3 is 10.4 Å². The first-order chi connectivity index (χ1) is 9.54. The second-order valence-electron chi connectivity index (χ2n) is 6.88. The number of aliphatic hydroxyl groups excluding tert-OH is 1. The minimum atomic E-state index is -0.275. The van der Waals surface area contributed by atoms with Gasteiger partial charge >= 0.3 is 0 Å². The smallest absolute Gasteiger partial charge is 0.234 e. The van der Waals surface area contributed by atoms with Gasteiger partial charge in [-0.1, -0.05) is 6.92 Å². The zero-order chi connectivity index (χ0) is 14.5. The van der Waals surface area contributed by atoms with Crippen LogP contribution in [0.15, 0.2) is 0 Å². The van der Waals surface area contributed by atoms with Crippen molar-refractivity contribution in [1.29, 1.82) is 0 Å². The number of amides is 1. The fraction of sp³-hybridized carbons (Fsp3) is 0.938. The standard InChI is InChI=1S/C16H30N2O2/c1-12-5-7-14(8-6-12)17-16(20)11-18-9-3-4-15(18)10-13(2)19/h12-15,19H,3-11H2,1-2H3,(H,17,20). The van der Waals surface area contributed by atoms with Gasteiger partial charge in [0.05, 0.1) is 12.6 Å². The number of aliphatic hydroxyl groups is 1. The third kappa shape index (κ3) is 4.74. The average molecular weight is 282 g/mol. The van der Waals surface area contributed by atoms with Gasteiger partial charge in [-0.2, -0.15) is 0 Å². The van der Waals surface area contributed by atoms with Gasteiger partial charge in [-0.15, -0.1) is 0 Å². The number of carbonyl (C=O) groups is 1. The van der Waals surface area contributed by atoms with E-state index in [0.717, 1.165) is 44.6 Å². The second kappa shape index (κ2) is 7.41. The lowest BCUT2D eigenvalue weighted by Gasteiger charge is -2.29. The van der Waals surface area contributed by atoms with Crippen LogP contribution in [0.1, 0.15) is 58.8 Å². The maximum Gasteiger partial charge on any atom is 0.234 e. The van der Waals surface area contributed by atoms with Crippen LogP contribution in [-0.4, -0.2) is 47.2 Å². The number of rotatable bonds is 5. The summed E-state index contributed by atoms with van der Waals surface area (Å²) >= 11 is 0. The first kappa shape index (κ1) is 15.8. The summed E-state index contributed by atoms with van der Waals surface area (Å²) in [4.78, 5) is 14.4. The lowest BCUT2D eigenvalue weighted by Crippen LogP contribution is -2.45. The molecule has 0 radical (unpaired) electrons. The van der Waals surface area contributed by atoms with Crippen molar-refractivity contribution in [2.45, 2.75) is 77.0 Å². The van der Waals surface area contributed by atoms with Crippen molar-refractivity contribution in [1.82, 2.24) is 10.2 Å². The monoisotopic (exact) mass is 282 g/mol. The lowest BCUT2D eigenvalue weighted by atomic mass is 9.87. The van der Waals surface area contributed by atoms with Crippen LogP contribution in [0.4, 0.5) is 0 Å². The summed E-state index contributed by atoms with van der Waals surface area (Å²) in [6, 6.07) is 0.767. The van der Waals surface area contributed by atoms with Crippen molar-refractivity contribution in [2.24, 2.45) is 5.92 Å². The molecule has 2 rings (SSSR count). The number of nitrogens with one attached hydrogen (secondary N) is 1. The van der Waals surface area contributed by atoms with E-state index >= 15 is 0 Å². The molecule has 0 aromatic rings. The number of nitrogens with zero attached hydrogens (tertiary/aromatic N) is 1. The third-order valence-electron chi connectivity index (χ3n) is 4.84. The third-order valence-corrected chi connectivity index (χ3v) is 4.84. The minimum Gasteiger partial charge on any atom is -0.393 e. The maximum absolute atomic E-state index is 12.2. The first-order valence-electron chi connectivity index (χ1n) is 8.26. The van der Waals surface area contributed by atoms with E-state index in [1.165, 1.54) is 12.8 Å². The van der Waals surface area contributed by atoms with E-state index in [9.17, 15) is 9.90 Å². The summed E-state index contributed by atoms with van der Waals surface area (Å²) in [7, 11) is 0. The van der Waals surface area contributed by atoms with Gasteiger partial charge in [0, 0.05) is 12.1 Å². The Morgan fingerprint density at radius 1 is 1.30 bits per heavy atom. The van der Waals surface area contributed by atoms with Gasteiger partial charge in [-0.05, 0) is 64.3 Å². The van der Waals surface area contributed by atoms with E-state index < -0.39 is 0 Å². The molecule has 2 unspecified atom stereocenters. The molecule has 1 heterocycles. The van der Waals surface area contributed by atoms with Crippen LogP contribution < -0.4 is 5.32 Å². The molecule has 1 saturated carbocycles. The molecule has 1 saturated heterocycles. The molecular weight excluding hydrogens is 252 g/mol. The Kier molecular flexibility index (Phi) is 5.85. The molecule has 1 aliphatic carbocycles. The van der Waals surface area contributed by atoms with Crippen LogP contribution in [-0.2, 0) is 4.79 Å². The lowest BCUT2D eigenvalue weighted by molar-refractivity contribution is -0.123. The second-order valence-corrected chi connectivity index (χ2v) is 6.88. The largest absolute Gasteiger partial charge is 0.393 e. The summed E-state index contributed by atoms with van der Waals surface area (Å²) in [5.74, 6) is 0.985. The van der Waals surface area contributed by atoms with E-state index in [4.69, 9.17) is 0 Å². The van der Waals surface area contributed by atoms with Crippen molar-refractivity contribution < 1.29 is 9.90 Å². The molecule has 1 amide bonds. The van der Waals surface area contributed by atoms with E-state index in [1.807, 2.05) is 6.92 Å². The van der Waals surface area contributed by atoms with Crippen LogP contribution in [0, 0.1) is 5.92 Å². The van der Waals surface area contributed by atoms with Crippen molar-refractivity contribution >= 4 is 5.91 Å². The van der Waals surface area contributed by atoms with Gasteiger partial charge in [0.15, 0.2) is 0 Å². The molecule has 2 fully saturated rings. The van der Waals surface area contributed by atoms with Crippen LogP contribution in [0.3, 0.4) is 0 Å². The number of carbonyl (C=O) groups excluding carboxylic acids is 1. The van der Waals surface area contributed by atoms with E-state index in [2.05, 4.69) is 17.1 Å². The predicted molar refractivity (Wildman–Crippen MR) is 80.5 cm³/mol. The van der Waals surface area contributed by atoms with Gasteiger partial charge in [0.25, 0.3) is 0 Å². The fourth-order valence-electron chi connectivity index (χ4n) is 3.63. The highest BCUT2D eigenvalue weighted by atomic mass is 16.3. The summed E-state index contributed by atoms with van der Waals surface area (Å²) in [6.07, 6.45) is 7.49. The zero-order valence-corrected chi connectivity index (χ0v) is 13.0. The first-order valence-corrected chi connectivity index (χ1v) is 8.26. The molecular formula is C16H30N2O2. The molecule has 116 valence electrons. The maximum atomic E-state index is 12.2. The minimum absolute atomic E-state index is 0.169. The molecule has 1 aliphatic heterocycles. The topological polar surface area (TPSA) is 52.6 Å². The van der Waals surface area contributed by atoms with E-state index in [1.54, 1.807) is 0 Å². The Bertz CT molecular complexity index is 312. The zero-order valence-electron chi connectivity index (χ0n) is 13.0. The highest BCUT2D eigenvalue weighted by molar-refractivity contribution is 5.78. The van der Waals surface area contributed by atoms with Crippen LogP contribution in [0.25, 0.3) is 0 Å². The Hall–Kier alpha value is -0.610. The van der Waals surface area contributed by atoms with Crippen LogP contribution in [0.5, 0.6) is 0 Å². The van der Waals surface area contributed by atoms with Gasteiger partial charge in [-0.25, -0.2) is 0 Å². The molecule has 20 heavy (non-hydrogen) atoms. The van der Waals surface area contributed by atoms with Crippen molar-refractivity contribution in [3.63, 3.8) is 0 Å². The normalized spacial score (nSPS) is 33.0. The highest BCUT2D eigenvalue weighted by Gasteiger charge is 2.28. The molecule has 0 spiro atoms. The molecule has 2 atom stereocenters.